The number of aliphatic carboxylic acids is 1. The first-order valence-electron chi connectivity index (χ1n) is 6.22. The lowest BCUT2D eigenvalue weighted by molar-refractivity contribution is -0.138. The van der Waals surface area contributed by atoms with Crippen LogP contribution in [0.3, 0.4) is 0 Å². The van der Waals surface area contributed by atoms with Crippen molar-refractivity contribution in [2.45, 2.75) is 18.9 Å². The Morgan fingerprint density at radius 3 is 2.48 bits per heavy atom. The van der Waals surface area contributed by atoms with Crippen LogP contribution in [0.5, 0.6) is 0 Å². The molecule has 2 amide bonds. The lowest BCUT2D eigenvalue weighted by Crippen LogP contribution is -2.49. The normalized spacial score (nSPS) is 11.0. The van der Waals surface area contributed by atoms with Crippen molar-refractivity contribution in [2.24, 2.45) is 0 Å². The highest BCUT2D eigenvalue weighted by Gasteiger charge is 2.21. The summed E-state index contributed by atoms with van der Waals surface area (Å²) in [7, 11) is 0. The summed E-state index contributed by atoms with van der Waals surface area (Å²) in [5.74, 6) is -2.36. The number of amides is 2. The number of hydrogen-bond acceptors (Lipinski definition) is 4. The van der Waals surface area contributed by atoms with Gasteiger partial charge in [0.15, 0.2) is 0 Å². The van der Waals surface area contributed by atoms with Crippen molar-refractivity contribution in [2.75, 3.05) is 6.54 Å². The number of carbonyl (C=O) groups is 3. The fourth-order valence-corrected chi connectivity index (χ4v) is 1.66. The summed E-state index contributed by atoms with van der Waals surface area (Å²) >= 11 is 0. The number of carboxylic acid groups (broad SMARTS) is 1. The molecule has 0 bridgehead atoms. The molecule has 1 aromatic carbocycles. The van der Waals surface area contributed by atoms with Crippen LogP contribution in [0.2, 0.25) is 0 Å². The quantitative estimate of drug-likeness (QED) is 0.643. The molecule has 0 saturated carbocycles. The first-order chi connectivity index (χ1) is 10.0. The van der Waals surface area contributed by atoms with Crippen molar-refractivity contribution in [3.8, 4) is 6.07 Å². The van der Waals surface area contributed by atoms with Gasteiger partial charge in [-0.05, 0) is 5.56 Å². The monoisotopic (exact) mass is 289 g/mol. The van der Waals surface area contributed by atoms with Gasteiger partial charge in [-0.15, -0.1) is 0 Å². The fraction of sp³-hybridized carbons (Fsp3) is 0.286. The Morgan fingerprint density at radius 2 is 1.90 bits per heavy atom. The van der Waals surface area contributed by atoms with E-state index in [1.165, 1.54) is 0 Å². The summed E-state index contributed by atoms with van der Waals surface area (Å²) in [6, 6.07) is 9.73. The van der Waals surface area contributed by atoms with E-state index in [9.17, 15) is 14.4 Å². The zero-order valence-electron chi connectivity index (χ0n) is 11.2. The van der Waals surface area contributed by atoms with Crippen LogP contribution in [0.4, 0.5) is 0 Å². The summed E-state index contributed by atoms with van der Waals surface area (Å²) in [6.45, 7) is -0.530. The molecule has 0 aromatic heterocycles. The van der Waals surface area contributed by atoms with Gasteiger partial charge in [0.1, 0.15) is 19.0 Å². The van der Waals surface area contributed by atoms with Crippen LogP contribution in [0.1, 0.15) is 12.0 Å². The minimum Gasteiger partial charge on any atom is -0.480 e. The van der Waals surface area contributed by atoms with Crippen LogP contribution >= 0.6 is 0 Å². The van der Waals surface area contributed by atoms with Crippen molar-refractivity contribution in [1.29, 1.82) is 5.26 Å². The second kappa shape index (κ2) is 8.32. The van der Waals surface area contributed by atoms with Gasteiger partial charge in [0.05, 0.1) is 6.07 Å². The van der Waals surface area contributed by atoms with E-state index in [0.717, 1.165) is 5.56 Å². The van der Waals surface area contributed by atoms with Gasteiger partial charge in [-0.2, -0.15) is 5.26 Å². The standard InChI is InChI=1S/C14H15N3O4/c15-7-6-12(18)17-11(14(21)16-9-13(19)20)8-10-4-2-1-3-5-10/h1-5,11H,6,8-9H2,(H,16,21)(H,17,18)(H,19,20). The molecule has 7 nitrogen and oxygen atoms in total. The molecule has 0 heterocycles. The number of rotatable bonds is 7. The topological polar surface area (TPSA) is 119 Å². The molecule has 0 saturated heterocycles. The molecule has 1 aromatic rings. The maximum absolute atomic E-state index is 11.9. The number of carbonyl (C=O) groups excluding carboxylic acids is 2. The van der Waals surface area contributed by atoms with Crippen molar-refractivity contribution in [3.05, 3.63) is 35.9 Å². The van der Waals surface area contributed by atoms with Crippen molar-refractivity contribution < 1.29 is 19.5 Å². The second-order valence-electron chi connectivity index (χ2n) is 4.26. The van der Waals surface area contributed by atoms with E-state index in [1.54, 1.807) is 30.3 Å². The summed E-state index contributed by atoms with van der Waals surface area (Å²) < 4.78 is 0. The van der Waals surface area contributed by atoms with Crippen LogP contribution in [-0.4, -0.2) is 35.5 Å². The van der Waals surface area contributed by atoms with Gasteiger partial charge >= 0.3 is 5.97 Å². The third-order valence-electron chi connectivity index (χ3n) is 2.59. The highest BCUT2D eigenvalue weighted by atomic mass is 16.4. The van der Waals surface area contributed by atoms with Crippen molar-refractivity contribution in [3.63, 3.8) is 0 Å². The van der Waals surface area contributed by atoms with Gasteiger partial charge in [0, 0.05) is 6.42 Å². The summed E-state index contributed by atoms with van der Waals surface area (Å²) in [4.78, 5) is 33.8. The molecule has 21 heavy (non-hydrogen) atoms. The molecule has 0 spiro atoms. The number of benzene rings is 1. The third-order valence-corrected chi connectivity index (χ3v) is 2.59. The molecule has 7 heteroatoms. The number of nitrogens with one attached hydrogen (secondary N) is 2. The minimum atomic E-state index is -1.18. The zero-order valence-corrected chi connectivity index (χ0v) is 11.2. The van der Waals surface area contributed by atoms with E-state index in [2.05, 4.69) is 10.6 Å². The molecule has 110 valence electrons. The number of carboxylic acids is 1. The molecule has 0 aliphatic carbocycles. The van der Waals surface area contributed by atoms with E-state index >= 15 is 0 Å². The number of nitriles is 1. The van der Waals surface area contributed by atoms with Crippen molar-refractivity contribution in [1.82, 2.24) is 10.6 Å². The average Bonchev–Trinajstić information content (AvgIpc) is 2.45. The molecular weight excluding hydrogens is 274 g/mol. The van der Waals surface area contributed by atoms with Crippen LogP contribution in [0, 0.1) is 11.3 Å². The van der Waals surface area contributed by atoms with Crippen LogP contribution in [-0.2, 0) is 20.8 Å². The van der Waals surface area contributed by atoms with E-state index in [1.807, 2.05) is 6.07 Å². The van der Waals surface area contributed by atoms with Crippen LogP contribution in [0.25, 0.3) is 0 Å². The van der Waals surface area contributed by atoms with Gasteiger partial charge in [-0.3, -0.25) is 14.4 Å². The molecule has 0 aliphatic heterocycles. The van der Waals surface area contributed by atoms with E-state index in [0.29, 0.717) is 0 Å². The van der Waals surface area contributed by atoms with Gasteiger partial charge < -0.3 is 15.7 Å². The Kier molecular flexibility index (Phi) is 6.41. The molecule has 0 fully saturated rings. The molecule has 3 N–H and O–H groups in total. The second-order valence-corrected chi connectivity index (χ2v) is 4.26. The number of hydrogen-bond donors (Lipinski definition) is 3. The molecule has 1 atom stereocenters. The highest BCUT2D eigenvalue weighted by molar-refractivity contribution is 5.90. The first-order valence-corrected chi connectivity index (χ1v) is 6.22. The van der Waals surface area contributed by atoms with Crippen LogP contribution < -0.4 is 10.6 Å². The lowest BCUT2D eigenvalue weighted by atomic mass is 10.1. The summed E-state index contributed by atoms with van der Waals surface area (Å²) in [5.41, 5.74) is 0.810. The predicted molar refractivity (Wildman–Crippen MR) is 73.0 cm³/mol. The maximum atomic E-state index is 11.9. The summed E-state index contributed by atoms with van der Waals surface area (Å²) in [5, 5.41) is 21.7. The summed E-state index contributed by atoms with van der Waals surface area (Å²) in [6.07, 6.45) is -0.152. The van der Waals surface area contributed by atoms with Crippen LogP contribution in [0.15, 0.2) is 30.3 Å². The molecule has 0 aliphatic rings. The molecule has 1 unspecified atom stereocenters. The van der Waals surface area contributed by atoms with Crippen molar-refractivity contribution >= 4 is 17.8 Å². The van der Waals surface area contributed by atoms with E-state index < -0.39 is 30.4 Å². The zero-order chi connectivity index (χ0) is 15.7. The smallest absolute Gasteiger partial charge is 0.322 e. The Bertz CT molecular complexity index is 551. The Balaban J connectivity index is 2.74. The fourth-order valence-electron chi connectivity index (χ4n) is 1.66. The molecular formula is C14H15N3O4. The number of nitrogens with zero attached hydrogens (tertiary/aromatic N) is 1. The largest absolute Gasteiger partial charge is 0.480 e. The average molecular weight is 289 g/mol. The minimum absolute atomic E-state index is 0.212. The van der Waals surface area contributed by atoms with Gasteiger partial charge in [-0.1, -0.05) is 30.3 Å². The highest BCUT2D eigenvalue weighted by Crippen LogP contribution is 2.04. The van der Waals surface area contributed by atoms with Gasteiger partial charge in [0.2, 0.25) is 11.8 Å². The SMILES string of the molecule is N#CCC(=O)NC(Cc1ccccc1)C(=O)NCC(=O)O. The maximum Gasteiger partial charge on any atom is 0.322 e. The first kappa shape index (κ1) is 16.2. The Morgan fingerprint density at radius 1 is 1.24 bits per heavy atom. The Hall–Kier alpha value is -2.88. The molecule has 0 radical (unpaired) electrons. The van der Waals surface area contributed by atoms with Gasteiger partial charge in [0.25, 0.3) is 0 Å². The lowest BCUT2D eigenvalue weighted by Gasteiger charge is -2.17. The Labute approximate surface area is 121 Å². The predicted octanol–water partition coefficient (Wildman–Crippen LogP) is -0.172. The third kappa shape index (κ3) is 6.20. The van der Waals surface area contributed by atoms with E-state index in [4.69, 9.17) is 10.4 Å². The van der Waals surface area contributed by atoms with Gasteiger partial charge in [-0.25, -0.2) is 0 Å². The van der Waals surface area contributed by atoms with E-state index in [-0.39, 0.29) is 12.8 Å². The molecule has 1 rings (SSSR count).